The number of hydrogen-bond acceptors (Lipinski definition) is 3. The van der Waals surface area contributed by atoms with Crippen LogP contribution in [0.1, 0.15) is 24.0 Å². The number of aryl methyl sites for hydroxylation is 1. The molecule has 3 nitrogen and oxygen atoms in total. The molecule has 0 aliphatic carbocycles. The minimum Gasteiger partial charge on any atom is -0.313 e. The average Bonchev–Trinajstić information content (AvgIpc) is 2.30. The number of benzene rings is 1. The van der Waals surface area contributed by atoms with Crippen LogP contribution >= 0.6 is 0 Å². The van der Waals surface area contributed by atoms with Crippen LogP contribution in [-0.2, 0) is 16.3 Å². The second kappa shape index (κ2) is 5.85. The molecule has 0 aromatic heterocycles. The summed E-state index contributed by atoms with van der Waals surface area (Å²) >= 11 is 0. The van der Waals surface area contributed by atoms with Gasteiger partial charge in [-0.15, -0.1) is 0 Å². The lowest BCUT2D eigenvalue weighted by Gasteiger charge is -2.23. The molecule has 0 spiro atoms. The van der Waals surface area contributed by atoms with E-state index in [1.54, 1.807) is 0 Å². The van der Waals surface area contributed by atoms with Crippen molar-refractivity contribution in [2.75, 3.05) is 18.1 Å². The molecule has 1 atom stereocenters. The second-order valence-electron chi connectivity index (χ2n) is 5.08. The molecule has 0 amide bonds. The highest BCUT2D eigenvalue weighted by atomic mass is 32.2. The van der Waals surface area contributed by atoms with Gasteiger partial charge < -0.3 is 5.32 Å². The molecule has 0 saturated carbocycles. The third-order valence-corrected chi connectivity index (χ3v) is 5.37. The van der Waals surface area contributed by atoms with Crippen molar-refractivity contribution in [3.05, 3.63) is 35.4 Å². The first-order valence-corrected chi connectivity index (χ1v) is 8.37. The topological polar surface area (TPSA) is 46.2 Å². The molecule has 1 saturated heterocycles. The van der Waals surface area contributed by atoms with E-state index in [0.29, 0.717) is 11.5 Å². The smallest absolute Gasteiger partial charge is 0.151 e. The van der Waals surface area contributed by atoms with E-state index in [0.717, 1.165) is 25.8 Å². The average molecular weight is 267 g/mol. The predicted molar refractivity (Wildman–Crippen MR) is 74.6 cm³/mol. The fourth-order valence-electron chi connectivity index (χ4n) is 2.49. The van der Waals surface area contributed by atoms with Crippen LogP contribution in [-0.4, -0.2) is 32.5 Å². The summed E-state index contributed by atoms with van der Waals surface area (Å²) in [5.74, 6) is 0.670. The van der Waals surface area contributed by atoms with Gasteiger partial charge in [-0.3, -0.25) is 0 Å². The molecule has 1 unspecified atom stereocenters. The van der Waals surface area contributed by atoms with Gasteiger partial charge in [-0.2, -0.15) is 0 Å². The Hall–Kier alpha value is -0.870. The van der Waals surface area contributed by atoms with E-state index in [9.17, 15) is 8.42 Å². The molecule has 1 aliphatic heterocycles. The largest absolute Gasteiger partial charge is 0.313 e. The molecule has 2 rings (SSSR count). The van der Waals surface area contributed by atoms with Crippen molar-refractivity contribution in [3.8, 4) is 0 Å². The molecule has 100 valence electrons. The quantitative estimate of drug-likeness (QED) is 0.903. The lowest BCUT2D eigenvalue weighted by atomic mass is 10.1. The summed E-state index contributed by atoms with van der Waals surface area (Å²) in [6.45, 7) is 2.96. The fraction of sp³-hybridized carbons (Fsp3) is 0.571. The van der Waals surface area contributed by atoms with Crippen molar-refractivity contribution in [1.82, 2.24) is 5.32 Å². The Kier molecular flexibility index (Phi) is 4.40. The summed E-state index contributed by atoms with van der Waals surface area (Å²) in [7, 11) is -2.80. The molecule has 1 fully saturated rings. The molecule has 4 heteroatoms. The first-order valence-electron chi connectivity index (χ1n) is 6.55. The lowest BCUT2D eigenvalue weighted by molar-refractivity contribution is 0.483. The lowest BCUT2D eigenvalue weighted by Crippen LogP contribution is -2.40. The SMILES string of the molecule is Cc1ccccc1CCNC1CCCS(=O)(=O)C1. The zero-order valence-electron chi connectivity index (χ0n) is 10.9. The molecule has 1 aliphatic rings. The minimum absolute atomic E-state index is 0.146. The van der Waals surface area contributed by atoms with Crippen LogP contribution in [0.4, 0.5) is 0 Å². The summed E-state index contributed by atoms with van der Waals surface area (Å²) in [6.07, 6.45) is 2.74. The zero-order chi connectivity index (χ0) is 13.0. The van der Waals surface area contributed by atoms with E-state index in [-0.39, 0.29) is 6.04 Å². The molecule has 1 N–H and O–H groups in total. The van der Waals surface area contributed by atoms with E-state index in [1.807, 2.05) is 12.1 Å². The van der Waals surface area contributed by atoms with Gasteiger partial charge in [0, 0.05) is 6.04 Å². The van der Waals surface area contributed by atoms with Crippen LogP contribution < -0.4 is 5.32 Å². The van der Waals surface area contributed by atoms with E-state index in [2.05, 4.69) is 24.4 Å². The van der Waals surface area contributed by atoms with Gasteiger partial charge in [0.05, 0.1) is 11.5 Å². The van der Waals surface area contributed by atoms with Crippen LogP contribution in [0.5, 0.6) is 0 Å². The molecule has 0 radical (unpaired) electrons. The van der Waals surface area contributed by atoms with Gasteiger partial charge in [-0.1, -0.05) is 24.3 Å². The normalized spacial score (nSPS) is 22.8. The second-order valence-corrected chi connectivity index (χ2v) is 7.31. The van der Waals surface area contributed by atoms with E-state index < -0.39 is 9.84 Å². The van der Waals surface area contributed by atoms with Crippen molar-refractivity contribution in [2.45, 2.75) is 32.2 Å². The minimum atomic E-state index is -2.80. The summed E-state index contributed by atoms with van der Waals surface area (Å²) in [6, 6.07) is 8.48. The molecular weight excluding hydrogens is 246 g/mol. The Morgan fingerprint density at radius 2 is 2.11 bits per heavy atom. The Labute approximate surface area is 110 Å². The van der Waals surface area contributed by atoms with Gasteiger partial charge >= 0.3 is 0 Å². The maximum absolute atomic E-state index is 11.5. The molecule has 1 aromatic rings. The van der Waals surface area contributed by atoms with Crippen LogP contribution in [0.15, 0.2) is 24.3 Å². The summed E-state index contributed by atoms with van der Waals surface area (Å²) in [5, 5.41) is 3.37. The number of sulfone groups is 1. The molecule has 1 aromatic carbocycles. The highest BCUT2D eigenvalue weighted by Crippen LogP contribution is 2.12. The molecule has 0 bridgehead atoms. The fourth-order valence-corrected chi connectivity index (χ4v) is 4.16. The van der Waals surface area contributed by atoms with Gasteiger partial charge in [0.1, 0.15) is 0 Å². The molecular formula is C14H21NO2S. The Morgan fingerprint density at radius 3 is 2.83 bits per heavy atom. The van der Waals surface area contributed by atoms with Crippen molar-refractivity contribution in [2.24, 2.45) is 0 Å². The summed E-state index contributed by atoms with van der Waals surface area (Å²) in [4.78, 5) is 0. The Bertz CT molecular complexity index is 496. The van der Waals surface area contributed by atoms with Gasteiger partial charge in [-0.25, -0.2) is 8.42 Å². The van der Waals surface area contributed by atoms with Gasteiger partial charge in [0.15, 0.2) is 9.84 Å². The maximum Gasteiger partial charge on any atom is 0.151 e. The van der Waals surface area contributed by atoms with Crippen LogP contribution in [0.3, 0.4) is 0 Å². The maximum atomic E-state index is 11.5. The number of hydrogen-bond donors (Lipinski definition) is 1. The summed E-state index contributed by atoms with van der Waals surface area (Å²) < 4.78 is 23.0. The van der Waals surface area contributed by atoms with Gasteiger partial charge in [0.25, 0.3) is 0 Å². The van der Waals surface area contributed by atoms with Crippen molar-refractivity contribution in [3.63, 3.8) is 0 Å². The Morgan fingerprint density at radius 1 is 1.33 bits per heavy atom. The van der Waals surface area contributed by atoms with Gasteiger partial charge in [-0.05, 0) is 43.9 Å². The Balaban J connectivity index is 1.81. The molecule has 18 heavy (non-hydrogen) atoms. The van der Waals surface area contributed by atoms with E-state index in [4.69, 9.17) is 0 Å². The van der Waals surface area contributed by atoms with Crippen molar-refractivity contribution >= 4 is 9.84 Å². The third kappa shape index (κ3) is 3.82. The van der Waals surface area contributed by atoms with Crippen molar-refractivity contribution < 1.29 is 8.42 Å². The number of nitrogens with one attached hydrogen (secondary N) is 1. The van der Waals surface area contributed by atoms with Crippen LogP contribution in [0.2, 0.25) is 0 Å². The number of rotatable bonds is 4. The first kappa shape index (κ1) is 13.6. The van der Waals surface area contributed by atoms with E-state index in [1.165, 1.54) is 11.1 Å². The first-order chi connectivity index (χ1) is 8.57. The monoisotopic (exact) mass is 267 g/mol. The van der Waals surface area contributed by atoms with Crippen LogP contribution in [0.25, 0.3) is 0 Å². The van der Waals surface area contributed by atoms with Crippen molar-refractivity contribution in [1.29, 1.82) is 0 Å². The standard InChI is InChI=1S/C14H21NO2S/c1-12-5-2-3-6-13(12)8-9-15-14-7-4-10-18(16,17)11-14/h2-3,5-6,14-15H,4,7-11H2,1H3. The highest BCUT2D eigenvalue weighted by Gasteiger charge is 2.23. The predicted octanol–water partition coefficient (Wildman–Crippen LogP) is 1.70. The molecule has 1 heterocycles. The van der Waals surface area contributed by atoms with Crippen LogP contribution in [0, 0.1) is 6.92 Å². The van der Waals surface area contributed by atoms with Gasteiger partial charge in [0.2, 0.25) is 0 Å². The summed E-state index contributed by atoms with van der Waals surface area (Å²) in [5.41, 5.74) is 2.64. The van der Waals surface area contributed by atoms with E-state index >= 15 is 0 Å². The zero-order valence-corrected chi connectivity index (χ0v) is 11.7. The third-order valence-electron chi connectivity index (χ3n) is 3.55. The highest BCUT2D eigenvalue weighted by molar-refractivity contribution is 7.91.